The van der Waals surface area contributed by atoms with Gasteiger partial charge in [-0.15, -0.1) is 0 Å². The lowest BCUT2D eigenvalue weighted by molar-refractivity contribution is -0.137. The van der Waals surface area contributed by atoms with Crippen LogP contribution < -0.4 is 10.2 Å². The second kappa shape index (κ2) is 7.02. The third-order valence-corrected chi connectivity index (χ3v) is 4.09. The van der Waals surface area contributed by atoms with Crippen molar-refractivity contribution in [2.24, 2.45) is 0 Å². The van der Waals surface area contributed by atoms with Gasteiger partial charge in [0.05, 0.1) is 23.4 Å². The maximum atomic E-state index is 12.8. The molecule has 1 aromatic carbocycles. The number of alkyl halides is 3. The number of amides is 2. The molecule has 3 rings (SSSR count). The van der Waals surface area contributed by atoms with Crippen LogP contribution in [0.4, 0.5) is 18.9 Å². The topological polar surface area (TPSA) is 67.2 Å². The van der Waals surface area contributed by atoms with Crippen molar-refractivity contribution >= 4 is 31.0 Å². The van der Waals surface area contributed by atoms with E-state index >= 15 is 0 Å². The molecule has 0 fully saturated rings. The highest BCUT2D eigenvalue weighted by Gasteiger charge is 2.36. The monoisotopic (exact) mass is 386 g/mol. The number of carbonyl (C=O) groups excluding carboxylic acids is 2. The van der Waals surface area contributed by atoms with Gasteiger partial charge in [-0.1, -0.05) is 0 Å². The van der Waals surface area contributed by atoms with Crippen LogP contribution in [0.5, 0.6) is 0 Å². The number of halogens is 3. The molecule has 1 N–H and O–H groups in total. The Morgan fingerprint density at radius 2 is 1.88 bits per heavy atom. The molecule has 0 radical (unpaired) electrons. The van der Waals surface area contributed by atoms with Crippen molar-refractivity contribution in [3.63, 3.8) is 0 Å². The van der Waals surface area contributed by atoms with E-state index in [0.29, 0.717) is 5.69 Å². The Labute approximate surface area is 154 Å². The zero-order valence-electron chi connectivity index (χ0n) is 14.0. The first-order valence-corrected chi connectivity index (χ1v) is 7.52. The molecule has 0 bridgehead atoms. The lowest BCUT2D eigenvalue weighted by Crippen LogP contribution is -2.43. The Kier molecular flexibility index (Phi) is 5.36. The molecule has 1 aliphatic rings. The number of carbonyl (C=O) groups is 2. The third kappa shape index (κ3) is 3.28. The van der Waals surface area contributed by atoms with Crippen LogP contribution in [0.2, 0.25) is 0 Å². The Morgan fingerprint density at radius 3 is 2.42 bits per heavy atom. The molecule has 26 heavy (non-hydrogen) atoms. The van der Waals surface area contributed by atoms with Gasteiger partial charge in [0.2, 0.25) is 0 Å². The van der Waals surface area contributed by atoms with Crippen LogP contribution >= 0.6 is 13.5 Å². The molecule has 2 amide bonds. The quantitative estimate of drug-likeness (QED) is 0.863. The SMILES string of the molecule is CNC(=O)c1cnn2c1C(=O)N(c1ccc(C(F)(F)F)cc1)C[C@@H]2C.S. The summed E-state index contributed by atoms with van der Waals surface area (Å²) >= 11 is 0. The average molecular weight is 386 g/mol. The summed E-state index contributed by atoms with van der Waals surface area (Å²) in [7, 11) is 1.44. The van der Waals surface area contributed by atoms with Crippen molar-refractivity contribution in [2.45, 2.75) is 19.1 Å². The van der Waals surface area contributed by atoms with Crippen molar-refractivity contribution in [2.75, 3.05) is 18.5 Å². The summed E-state index contributed by atoms with van der Waals surface area (Å²) in [4.78, 5) is 26.1. The van der Waals surface area contributed by atoms with E-state index in [0.717, 1.165) is 12.1 Å². The van der Waals surface area contributed by atoms with Gasteiger partial charge in [-0.25, -0.2) is 0 Å². The van der Waals surface area contributed by atoms with E-state index in [1.807, 2.05) is 6.92 Å². The lowest BCUT2D eigenvalue weighted by Gasteiger charge is -2.32. The van der Waals surface area contributed by atoms with Gasteiger partial charge in [-0.05, 0) is 31.2 Å². The summed E-state index contributed by atoms with van der Waals surface area (Å²) in [6, 6.07) is 4.13. The number of rotatable bonds is 2. The van der Waals surface area contributed by atoms with Crippen LogP contribution in [0.25, 0.3) is 0 Å². The number of hydrogen-bond acceptors (Lipinski definition) is 3. The summed E-state index contributed by atoms with van der Waals surface area (Å²) in [6.45, 7) is 2.06. The van der Waals surface area contributed by atoms with Crippen molar-refractivity contribution in [1.29, 1.82) is 0 Å². The fraction of sp³-hybridized carbons (Fsp3) is 0.312. The van der Waals surface area contributed by atoms with Crippen molar-refractivity contribution in [1.82, 2.24) is 15.1 Å². The summed E-state index contributed by atoms with van der Waals surface area (Å²) < 4.78 is 39.6. The van der Waals surface area contributed by atoms with Crippen LogP contribution in [0.1, 0.15) is 39.4 Å². The zero-order valence-corrected chi connectivity index (χ0v) is 15.0. The third-order valence-electron chi connectivity index (χ3n) is 4.09. The highest BCUT2D eigenvalue weighted by molar-refractivity contribution is 7.59. The molecule has 0 unspecified atom stereocenters. The second-order valence-electron chi connectivity index (χ2n) is 5.74. The predicted molar refractivity (Wildman–Crippen MR) is 93.8 cm³/mol. The lowest BCUT2D eigenvalue weighted by atomic mass is 10.1. The first kappa shape index (κ1) is 19.8. The fourth-order valence-corrected chi connectivity index (χ4v) is 2.82. The maximum absolute atomic E-state index is 12.8. The number of fused-ring (bicyclic) bond motifs is 1. The standard InChI is InChI=1S/C16H15F3N4O2.H2S/c1-9-8-22(11-5-3-10(4-6-11)16(17,18)19)15(25)13-12(14(24)20-2)7-21-23(9)13;/h3-7,9H,8H2,1-2H3,(H,20,24);1H2/t9-;/m0./s1. The number of benzene rings is 1. The van der Waals surface area contributed by atoms with Crippen LogP contribution in [0, 0.1) is 0 Å². The minimum atomic E-state index is -4.44. The first-order chi connectivity index (χ1) is 11.7. The Bertz CT molecular complexity index is 833. The molecule has 1 aliphatic heterocycles. The normalized spacial score (nSPS) is 16.7. The van der Waals surface area contributed by atoms with Crippen LogP contribution in [-0.4, -0.2) is 35.2 Å². The van der Waals surface area contributed by atoms with Gasteiger partial charge in [-0.3, -0.25) is 14.3 Å². The van der Waals surface area contributed by atoms with E-state index in [1.165, 1.54) is 35.0 Å². The molecule has 2 heterocycles. The van der Waals surface area contributed by atoms with E-state index in [1.54, 1.807) is 0 Å². The van der Waals surface area contributed by atoms with E-state index in [4.69, 9.17) is 0 Å². The molecule has 0 aliphatic carbocycles. The molecular weight excluding hydrogens is 369 g/mol. The van der Waals surface area contributed by atoms with E-state index in [9.17, 15) is 22.8 Å². The Balaban J connectivity index is 0.00000243. The van der Waals surface area contributed by atoms with Gasteiger partial charge < -0.3 is 10.2 Å². The van der Waals surface area contributed by atoms with Crippen LogP contribution in [0.3, 0.4) is 0 Å². The molecule has 140 valence electrons. The smallest absolute Gasteiger partial charge is 0.355 e. The fourth-order valence-electron chi connectivity index (χ4n) is 2.82. The Morgan fingerprint density at radius 1 is 1.27 bits per heavy atom. The molecule has 1 atom stereocenters. The summed E-state index contributed by atoms with van der Waals surface area (Å²) in [6.07, 6.45) is -3.12. The van der Waals surface area contributed by atoms with Crippen molar-refractivity contribution in [3.05, 3.63) is 47.3 Å². The van der Waals surface area contributed by atoms with Gasteiger partial charge in [0.15, 0.2) is 0 Å². The molecule has 1 aromatic heterocycles. The number of aromatic nitrogens is 2. The summed E-state index contributed by atoms with van der Waals surface area (Å²) in [5, 5.41) is 6.53. The van der Waals surface area contributed by atoms with Crippen molar-refractivity contribution in [3.8, 4) is 0 Å². The molecule has 0 saturated carbocycles. The molecular formula is C16H17F3N4O2S. The zero-order chi connectivity index (χ0) is 18.4. The average Bonchev–Trinajstić information content (AvgIpc) is 3.02. The second-order valence-corrected chi connectivity index (χ2v) is 5.74. The van der Waals surface area contributed by atoms with Crippen molar-refractivity contribution < 1.29 is 22.8 Å². The highest BCUT2D eigenvalue weighted by Crippen LogP contribution is 2.32. The molecule has 2 aromatic rings. The summed E-state index contributed by atoms with van der Waals surface area (Å²) in [5.74, 6) is -0.926. The number of nitrogens with zero attached hydrogens (tertiary/aromatic N) is 3. The first-order valence-electron chi connectivity index (χ1n) is 7.52. The Hall–Kier alpha value is -2.49. The maximum Gasteiger partial charge on any atom is 0.416 e. The minimum absolute atomic E-state index is 0. The van der Waals surface area contributed by atoms with Gasteiger partial charge in [0.25, 0.3) is 11.8 Å². The van der Waals surface area contributed by atoms with E-state index in [2.05, 4.69) is 10.4 Å². The molecule has 6 nitrogen and oxygen atoms in total. The number of hydrogen-bond donors (Lipinski definition) is 1. The number of nitrogens with one attached hydrogen (secondary N) is 1. The minimum Gasteiger partial charge on any atom is -0.355 e. The highest BCUT2D eigenvalue weighted by atomic mass is 32.1. The molecule has 10 heteroatoms. The van der Waals surface area contributed by atoms with Gasteiger partial charge >= 0.3 is 6.18 Å². The summed E-state index contributed by atoms with van der Waals surface area (Å²) in [5.41, 5.74) is -0.195. The predicted octanol–water partition coefficient (Wildman–Crippen LogP) is 2.60. The van der Waals surface area contributed by atoms with E-state index in [-0.39, 0.29) is 37.3 Å². The largest absolute Gasteiger partial charge is 0.416 e. The van der Waals surface area contributed by atoms with E-state index < -0.39 is 23.6 Å². The van der Waals surface area contributed by atoms with Gasteiger partial charge in [0, 0.05) is 19.3 Å². The molecule has 0 saturated heterocycles. The number of anilines is 1. The van der Waals surface area contributed by atoms with Crippen LogP contribution in [0.15, 0.2) is 30.5 Å². The molecule has 0 spiro atoms. The van der Waals surface area contributed by atoms with Crippen LogP contribution in [-0.2, 0) is 6.18 Å². The van der Waals surface area contributed by atoms with Gasteiger partial charge in [0.1, 0.15) is 5.69 Å². The van der Waals surface area contributed by atoms with Gasteiger partial charge in [-0.2, -0.15) is 31.8 Å².